The maximum Gasteiger partial charge on any atom is 0.217 e. The number of rotatable bonds is 3. The van der Waals surface area contributed by atoms with Crippen molar-refractivity contribution in [1.29, 1.82) is 0 Å². The molecule has 0 saturated heterocycles. The summed E-state index contributed by atoms with van der Waals surface area (Å²) < 4.78 is 11.9. The van der Waals surface area contributed by atoms with Crippen LogP contribution < -0.4 is 4.74 Å². The van der Waals surface area contributed by atoms with E-state index in [-0.39, 0.29) is 0 Å². The summed E-state index contributed by atoms with van der Waals surface area (Å²) in [6, 6.07) is 17.2. The Hall–Kier alpha value is -3.35. The van der Waals surface area contributed by atoms with Crippen molar-refractivity contribution >= 4 is 11.0 Å². The highest BCUT2D eigenvalue weighted by Gasteiger charge is 2.48. The zero-order valence-corrected chi connectivity index (χ0v) is 16.7. The van der Waals surface area contributed by atoms with Crippen LogP contribution in [0, 0.1) is 0 Å². The van der Waals surface area contributed by atoms with Crippen LogP contribution in [0.25, 0.3) is 22.3 Å². The van der Waals surface area contributed by atoms with Crippen molar-refractivity contribution in [2.24, 2.45) is 0 Å². The maximum atomic E-state index is 11.4. The molecule has 0 aliphatic carbocycles. The number of hydrogen-bond acceptors (Lipinski definition) is 6. The van der Waals surface area contributed by atoms with Crippen LogP contribution in [0.3, 0.4) is 0 Å². The molecule has 4 aromatic rings. The van der Waals surface area contributed by atoms with Crippen LogP contribution in [-0.2, 0) is 4.74 Å². The van der Waals surface area contributed by atoms with E-state index in [0.717, 1.165) is 27.9 Å². The highest BCUT2D eigenvalue weighted by atomic mass is 16.7. The van der Waals surface area contributed by atoms with Crippen molar-refractivity contribution in [2.75, 3.05) is 7.11 Å². The minimum absolute atomic E-state index is 0.443. The Morgan fingerprint density at radius 2 is 1.87 bits per heavy atom. The van der Waals surface area contributed by atoms with Crippen LogP contribution in [0.15, 0.2) is 73.2 Å². The molecule has 0 bridgehead atoms. The molecule has 1 N–H and O–H groups in total. The van der Waals surface area contributed by atoms with Gasteiger partial charge in [0.2, 0.25) is 5.79 Å². The molecule has 3 atom stereocenters. The summed E-state index contributed by atoms with van der Waals surface area (Å²) in [5, 5.41) is 11.4. The molecule has 3 heterocycles. The highest BCUT2D eigenvalue weighted by Crippen LogP contribution is 2.49. The summed E-state index contributed by atoms with van der Waals surface area (Å²) in [5.41, 5.74) is 4.80. The molecule has 30 heavy (non-hydrogen) atoms. The molecule has 1 aliphatic heterocycles. The van der Waals surface area contributed by atoms with Gasteiger partial charge in [-0.15, -0.1) is 0 Å². The van der Waals surface area contributed by atoms with E-state index in [1.807, 2.05) is 61.5 Å². The van der Waals surface area contributed by atoms with E-state index in [0.29, 0.717) is 11.3 Å². The second-order valence-electron chi connectivity index (χ2n) is 7.53. The monoisotopic (exact) mass is 399 g/mol. The quantitative estimate of drug-likeness (QED) is 0.555. The zero-order chi connectivity index (χ0) is 20.7. The van der Waals surface area contributed by atoms with Crippen LogP contribution in [0.2, 0.25) is 0 Å². The summed E-state index contributed by atoms with van der Waals surface area (Å²) in [6.07, 6.45) is 4.35. The molecular weight excluding hydrogens is 378 g/mol. The van der Waals surface area contributed by atoms with Gasteiger partial charge in [-0.3, -0.25) is 9.97 Å². The molecule has 0 amide bonds. The summed E-state index contributed by atoms with van der Waals surface area (Å²) in [4.78, 5) is 13.4. The van der Waals surface area contributed by atoms with E-state index in [9.17, 15) is 5.11 Å². The van der Waals surface area contributed by atoms with Crippen molar-refractivity contribution < 1.29 is 14.6 Å². The molecule has 0 spiro atoms. The Morgan fingerprint density at radius 1 is 1.03 bits per heavy atom. The Bertz CT molecular complexity index is 1210. The summed E-state index contributed by atoms with van der Waals surface area (Å²) in [7, 11) is 1.58. The second-order valence-corrected chi connectivity index (χ2v) is 7.53. The first-order valence-corrected chi connectivity index (χ1v) is 9.77. The molecule has 0 fully saturated rings. The lowest BCUT2D eigenvalue weighted by atomic mass is 9.81. The summed E-state index contributed by atoms with van der Waals surface area (Å²) in [6.45, 7) is 1.83. The van der Waals surface area contributed by atoms with Gasteiger partial charge in [-0.1, -0.05) is 18.2 Å². The number of aliphatic hydroxyl groups excluding tert-OH is 1. The number of ether oxygens (including phenoxy) is 2. The lowest BCUT2D eigenvalue weighted by Crippen LogP contribution is -2.47. The van der Waals surface area contributed by atoms with Gasteiger partial charge in [0.1, 0.15) is 5.75 Å². The highest BCUT2D eigenvalue weighted by molar-refractivity contribution is 5.77. The number of pyridine rings is 1. The summed E-state index contributed by atoms with van der Waals surface area (Å²) in [5.74, 6) is -0.883. The Labute approximate surface area is 174 Å². The maximum absolute atomic E-state index is 11.4. The van der Waals surface area contributed by atoms with Gasteiger partial charge in [-0.25, -0.2) is 4.98 Å². The van der Waals surface area contributed by atoms with Gasteiger partial charge in [0.15, 0.2) is 0 Å². The van der Waals surface area contributed by atoms with E-state index in [1.54, 1.807) is 25.7 Å². The SMILES string of the molecule is COC1(C)Oc2ccc(-c3cnc4ccccc4n3)cc2[C@@H](O)[C@@H]1c1cccnc1. The van der Waals surface area contributed by atoms with E-state index >= 15 is 0 Å². The van der Waals surface area contributed by atoms with Crippen LogP contribution in [0.1, 0.15) is 30.1 Å². The molecule has 2 aromatic heterocycles. The Morgan fingerprint density at radius 3 is 2.63 bits per heavy atom. The van der Waals surface area contributed by atoms with Gasteiger partial charge < -0.3 is 14.6 Å². The normalized spacial score (nSPS) is 23.0. The third-order valence-electron chi connectivity index (χ3n) is 5.71. The average molecular weight is 399 g/mol. The number of methoxy groups -OCH3 is 1. The Kier molecular flexibility index (Phi) is 4.46. The predicted octanol–water partition coefficient (Wildman–Crippen LogP) is 4.26. The number of aromatic nitrogens is 3. The lowest BCUT2D eigenvalue weighted by molar-refractivity contribution is -0.197. The van der Waals surface area contributed by atoms with Gasteiger partial charge in [-0.2, -0.15) is 0 Å². The smallest absolute Gasteiger partial charge is 0.217 e. The van der Waals surface area contributed by atoms with Gasteiger partial charge in [0, 0.05) is 37.6 Å². The van der Waals surface area contributed by atoms with Crippen molar-refractivity contribution in [3.05, 3.63) is 84.3 Å². The number of para-hydroxylation sites is 2. The molecule has 0 radical (unpaired) electrons. The second kappa shape index (κ2) is 7.16. The fourth-order valence-corrected chi connectivity index (χ4v) is 4.09. The molecule has 2 aromatic carbocycles. The third-order valence-corrected chi connectivity index (χ3v) is 5.71. The number of fused-ring (bicyclic) bond motifs is 2. The number of nitrogens with zero attached hydrogens (tertiary/aromatic N) is 3. The lowest BCUT2D eigenvalue weighted by Gasteiger charge is -2.44. The molecule has 6 nitrogen and oxygen atoms in total. The van der Waals surface area contributed by atoms with E-state index in [2.05, 4.69) is 9.97 Å². The van der Waals surface area contributed by atoms with Gasteiger partial charge in [0.05, 0.1) is 34.9 Å². The third kappa shape index (κ3) is 3.01. The predicted molar refractivity (Wildman–Crippen MR) is 113 cm³/mol. The van der Waals surface area contributed by atoms with Gasteiger partial charge in [0.25, 0.3) is 0 Å². The molecule has 0 saturated carbocycles. The van der Waals surface area contributed by atoms with E-state index in [1.165, 1.54) is 0 Å². The molecular formula is C24H21N3O3. The van der Waals surface area contributed by atoms with Crippen LogP contribution >= 0.6 is 0 Å². The molecule has 1 aliphatic rings. The largest absolute Gasteiger partial charge is 0.462 e. The molecule has 5 rings (SSSR count). The number of hydrogen-bond donors (Lipinski definition) is 1. The van der Waals surface area contributed by atoms with Crippen molar-refractivity contribution in [2.45, 2.75) is 24.7 Å². The van der Waals surface area contributed by atoms with Crippen molar-refractivity contribution in [3.8, 4) is 17.0 Å². The topological polar surface area (TPSA) is 77.4 Å². The first kappa shape index (κ1) is 18.7. The molecule has 6 heteroatoms. The number of aliphatic hydroxyl groups is 1. The van der Waals surface area contributed by atoms with Crippen LogP contribution in [0.4, 0.5) is 0 Å². The molecule has 1 unspecified atom stereocenters. The fourth-order valence-electron chi connectivity index (χ4n) is 4.09. The first-order chi connectivity index (χ1) is 14.6. The van der Waals surface area contributed by atoms with Crippen LogP contribution in [-0.4, -0.2) is 33.0 Å². The minimum Gasteiger partial charge on any atom is -0.462 e. The first-order valence-electron chi connectivity index (χ1n) is 9.77. The Balaban J connectivity index is 1.60. The van der Waals surface area contributed by atoms with E-state index < -0.39 is 17.8 Å². The summed E-state index contributed by atoms with van der Waals surface area (Å²) >= 11 is 0. The standard InChI is InChI=1S/C24H21N3O3/c1-24(29-2)22(16-6-5-11-25-13-16)23(28)17-12-15(9-10-21(17)30-24)20-14-26-18-7-3-4-8-19(18)27-20/h3-14,22-23,28H,1-2H3/t22-,23+,24?/m0/s1. The molecule has 150 valence electrons. The zero-order valence-electron chi connectivity index (χ0n) is 16.7. The van der Waals surface area contributed by atoms with Crippen molar-refractivity contribution in [3.63, 3.8) is 0 Å². The fraction of sp³-hybridized carbons (Fsp3) is 0.208. The number of benzene rings is 2. The van der Waals surface area contributed by atoms with Crippen molar-refractivity contribution in [1.82, 2.24) is 15.0 Å². The van der Waals surface area contributed by atoms with Gasteiger partial charge >= 0.3 is 0 Å². The average Bonchev–Trinajstić information content (AvgIpc) is 2.79. The van der Waals surface area contributed by atoms with Crippen LogP contribution in [0.5, 0.6) is 5.75 Å². The minimum atomic E-state index is -1.03. The van der Waals surface area contributed by atoms with Gasteiger partial charge in [-0.05, 0) is 42.0 Å². The van der Waals surface area contributed by atoms with E-state index in [4.69, 9.17) is 14.5 Å².